The van der Waals surface area contributed by atoms with E-state index in [1.165, 1.54) is 0 Å². The molecule has 4 rings (SSSR count). The Morgan fingerprint density at radius 1 is 1.04 bits per heavy atom. The molecule has 0 saturated carbocycles. The lowest BCUT2D eigenvalue weighted by atomic mass is 10.1. The number of aromatic nitrogens is 2. The summed E-state index contributed by atoms with van der Waals surface area (Å²) in [6.45, 7) is -0.0982. The van der Waals surface area contributed by atoms with Gasteiger partial charge in [-0.1, -0.05) is 53.7 Å². The topological polar surface area (TPSA) is 74.5 Å². The van der Waals surface area contributed by atoms with Crippen molar-refractivity contribution in [2.45, 2.75) is 6.61 Å². The van der Waals surface area contributed by atoms with Gasteiger partial charge in [-0.2, -0.15) is 4.98 Å². The van der Waals surface area contributed by atoms with Gasteiger partial charge in [0.1, 0.15) is 5.75 Å². The predicted octanol–water partition coefficient (Wildman–Crippen LogP) is 4.26. The van der Waals surface area contributed by atoms with Crippen LogP contribution in [-0.4, -0.2) is 23.2 Å². The van der Waals surface area contributed by atoms with Gasteiger partial charge in [-0.05, 0) is 29.0 Å². The van der Waals surface area contributed by atoms with Crippen molar-refractivity contribution in [3.05, 3.63) is 78.2 Å². The molecule has 0 aliphatic heterocycles. The van der Waals surface area contributed by atoms with Crippen molar-refractivity contribution < 1.29 is 18.8 Å². The molecular weight excluding hydrogens is 344 g/mol. The lowest BCUT2D eigenvalue weighted by molar-refractivity contribution is 0.0432. The van der Waals surface area contributed by atoms with Gasteiger partial charge in [0.25, 0.3) is 5.89 Å². The Hall–Kier alpha value is -3.67. The molecule has 0 radical (unpaired) electrons. The van der Waals surface area contributed by atoms with Crippen molar-refractivity contribution in [2.75, 3.05) is 7.11 Å². The number of rotatable bonds is 5. The van der Waals surface area contributed by atoms with E-state index in [2.05, 4.69) is 10.1 Å². The zero-order valence-corrected chi connectivity index (χ0v) is 14.6. The first-order valence-corrected chi connectivity index (χ1v) is 8.36. The first-order chi connectivity index (χ1) is 13.2. The third kappa shape index (κ3) is 3.50. The number of hydrogen-bond acceptors (Lipinski definition) is 6. The number of benzene rings is 3. The lowest BCUT2D eigenvalue weighted by Crippen LogP contribution is -2.06. The Morgan fingerprint density at radius 2 is 1.85 bits per heavy atom. The molecule has 0 bridgehead atoms. The summed E-state index contributed by atoms with van der Waals surface area (Å²) in [7, 11) is 1.59. The molecule has 0 unspecified atom stereocenters. The molecule has 6 nitrogen and oxygen atoms in total. The quantitative estimate of drug-likeness (QED) is 0.495. The van der Waals surface area contributed by atoms with Crippen LogP contribution in [0.15, 0.2) is 71.3 Å². The summed E-state index contributed by atoms with van der Waals surface area (Å²) in [5, 5.41) is 5.75. The van der Waals surface area contributed by atoms with Crippen LogP contribution in [0.1, 0.15) is 16.2 Å². The van der Waals surface area contributed by atoms with Crippen LogP contribution in [0.4, 0.5) is 0 Å². The van der Waals surface area contributed by atoms with E-state index in [0.29, 0.717) is 17.1 Å². The van der Waals surface area contributed by atoms with E-state index < -0.39 is 5.97 Å². The maximum Gasteiger partial charge on any atom is 0.339 e. The molecule has 6 heteroatoms. The average Bonchev–Trinajstić information content (AvgIpc) is 3.21. The number of carbonyl (C=O) groups excluding carboxylic acids is 1. The van der Waals surface area contributed by atoms with Gasteiger partial charge in [0.05, 0.1) is 12.7 Å². The molecule has 0 aliphatic carbocycles. The summed E-state index contributed by atoms with van der Waals surface area (Å²) >= 11 is 0. The van der Waals surface area contributed by atoms with E-state index in [1.807, 2.05) is 54.6 Å². The minimum atomic E-state index is -0.437. The summed E-state index contributed by atoms with van der Waals surface area (Å²) in [6.07, 6.45) is 0. The number of nitrogens with zero attached hydrogens (tertiary/aromatic N) is 2. The number of esters is 1. The second kappa shape index (κ2) is 7.29. The van der Waals surface area contributed by atoms with Crippen molar-refractivity contribution in [3.63, 3.8) is 0 Å². The Balaban J connectivity index is 1.49. The van der Waals surface area contributed by atoms with Crippen LogP contribution in [0.2, 0.25) is 0 Å². The van der Waals surface area contributed by atoms with E-state index >= 15 is 0 Å². The van der Waals surface area contributed by atoms with E-state index in [0.717, 1.165) is 16.3 Å². The molecule has 3 aromatic carbocycles. The van der Waals surface area contributed by atoms with E-state index in [-0.39, 0.29) is 12.5 Å². The van der Waals surface area contributed by atoms with E-state index in [4.69, 9.17) is 14.0 Å². The van der Waals surface area contributed by atoms with Gasteiger partial charge in [0.2, 0.25) is 5.82 Å². The molecule has 0 amide bonds. The smallest absolute Gasteiger partial charge is 0.339 e. The molecule has 1 aromatic heterocycles. The Labute approximate surface area is 155 Å². The van der Waals surface area contributed by atoms with Gasteiger partial charge in [0.15, 0.2) is 6.61 Å². The second-order valence-electron chi connectivity index (χ2n) is 5.85. The molecule has 4 aromatic rings. The van der Waals surface area contributed by atoms with Crippen LogP contribution in [0.25, 0.3) is 22.2 Å². The number of methoxy groups -OCH3 is 1. The molecule has 0 N–H and O–H groups in total. The minimum absolute atomic E-state index is 0.0982. The van der Waals surface area contributed by atoms with Crippen LogP contribution in [0.5, 0.6) is 5.75 Å². The minimum Gasteiger partial charge on any atom is -0.497 e. The van der Waals surface area contributed by atoms with Gasteiger partial charge in [-0.3, -0.25) is 0 Å². The molecule has 0 saturated heterocycles. The predicted molar refractivity (Wildman–Crippen MR) is 99.4 cm³/mol. The fourth-order valence-electron chi connectivity index (χ4n) is 2.80. The summed E-state index contributed by atoms with van der Waals surface area (Å²) in [5.41, 5.74) is 1.25. The van der Waals surface area contributed by atoms with Gasteiger partial charge < -0.3 is 14.0 Å². The van der Waals surface area contributed by atoms with E-state index in [9.17, 15) is 4.79 Å². The van der Waals surface area contributed by atoms with Crippen LogP contribution < -0.4 is 4.74 Å². The molecular formula is C21H16N2O4. The highest BCUT2D eigenvalue weighted by atomic mass is 16.6. The number of carbonyl (C=O) groups is 1. The molecule has 0 aliphatic rings. The molecule has 134 valence electrons. The highest BCUT2D eigenvalue weighted by Gasteiger charge is 2.14. The average molecular weight is 360 g/mol. The standard InChI is InChI=1S/C21H16N2O4/c1-25-16-9-4-8-15(12-16)20-22-19(27-23-20)13-26-21(24)18-11-5-7-14-6-2-3-10-17(14)18/h2-12H,13H2,1H3. The van der Waals surface area contributed by atoms with Crippen LogP contribution >= 0.6 is 0 Å². The lowest BCUT2D eigenvalue weighted by Gasteiger charge is -2.05. The number of hydrogen-bond donors (Lipinski definition) is 0. The molecule has 1 heterocycles. The number of ether oxygens (including phenoxy) is 2. The molecule has 27 heavy (non-hydrogen) atoms. The molecule has 0 fully saturated rings. The van der Waals surface area contributed by atoms with Crippen molar-refractivity contribution >= 4 is 16.7 Å². The maximum atomic E-state index is 12.5. The summed E-state index contributed by atoms with van der Waals surface area (Å²) in [5.74, 6) is 0.890. The molecule has 0 atom stereocenters. The fraction of sp³-hybridized carbons (Fsp3) is 0.0952. The van der Waals surface area contributed by atoms with Gasteiger partial charge >= 0.3 is 5.97 Å². The first kappa shape index (κ1) is 16.8. The Kier molecular flexibility index (Phi) is 4.53. The van der Waals surface area contributed by atoms with E-state index in [1.54, 1.807) is 19.2 Å². The largest absolute Gasteiger partial charge is 0.497 e. The van der Waals surface area contributed by atoms with Gasteiger partial charge in [-0.15, -0.1) is 0 Å². The third-order valence-corrected chi connectivity index (χ3v) is 4.13. The summed E-state index contributed by atoms with van der Waals surface area (Å²) < 4.78 is 15.7. The van der Waals surface area contributed by atoms with Crippen LogP contribution in [0, 0.1) is 0 Å². The molecule has 0 spiro atoms. The maximum absolute atomic E-state index is 12.5. The third-order valence-electron chi connectivity index (χ3n) is 4.13. The first-order valence-electron chi connectivity index (χ1n) is 8.36. The summed E-state index contributed by atoms with van der Waals surface area (Å²) in [6, 6.07) is 20.5. The SMILES string of the molecule is COc1cccc(-c2noc(COC(=O)c3cccc4ccccc34)n2)c1. The Bertz CT molecular complexity index is 1100. The summed E-state index contributed by atoms with van der Waals surface area (Å²) in [4.78, 5) is 16.7. The second-order valence-corrected chi connectivity index (χ2v) is 5.85. The van der Waals surface area contributed by atoms with Crippen molar-refractivity contribution in [2.24, 2.45) is 0 Å². The monoisotopic (exact) mass is 360 g/mol. The van der Waals surface area contributed by atoms with Gasteiger partial charge in [-0.25, -0.2) is 4.79 Å². The highest BCUT2D eigenvalue weighted by molar-refractivity contribution is 6.04. The van der Waals surface area contributed by atoms with Crippen molar-refractivity contribution in [1.29, 1.82) is 0 Å². The normalized spacial score (nSPS) is 10.7. The van der Waals surface area contributed by atoms with Crippen molar-refractivity contribution in [3.8, 4) is 17.1 Å². The van der Waals surface area contributed by atoms with Crippen LogP contribution in [0.3, 0.4) is 0 Å². The fourth-order valence-corrected chi connectivity index (χ4v) is 2.80. The van der Waals surface area contributed by atoms with Gasteiger partial charge in [0, 0.05) is 5.56 Å². The van der Waals surface area contributed by atoms with Crippen LogP contribution in [-0.2, 0) is 11.3 Å². The zero-order valence-electron chi connectivity index (χ0n) is 14.6. The number of fused-ring (bicyclic) bond motifs is 1. The highest BCUT2D eigenvalue weighted by Crippen LogP contribution is 2.22. The zero-order chi connectivity index (χ0) is 18.6. The Morgan fingerprint density at radius 3 is 2.74 bits per heavy atom. The van der Waals surface area contributed by atoms with Crippen molar-refractivity contribution in [1.82, 2.24) is 10.1 Å².